The summed E-state index contributed by atoms with van der Waals surface area (Å²) in [6.07, 6.45) is 0.994. The van der Waals surface area contributed by atoms with Gasteiger partial charge in [-0.2, -0.15) is 0 Å². The van der Waals surface area contributed by atoms with Crippen molar-refractivity contribution in [1.29, 1.82) is 0 Å². The molecule has 0 aliphatic heterocycles. The maximum atomic E-state index is 11.9. The van der Waals surface area contributed by atoms with Crippen LogP contribution in [-0.2, 0) is 19.1 Å². The first kappa shape index (κ1) is 16.9. The van der Waals surface area contributed by atoms with Crippen LogP contribution >= 0.6 is 0 Å². The highest BCUT2D eigenvalue weighted by Gasteiger charge is 2.66. The zero-order valence-corrected chi connectivity index (χ0v) is 12.7. The second kappa shape index (κ2) is 6.54. The Morgan fingerprint density at radius 3 is 2.50 bits per heavy atom. The van der Waals surface area contributed by atoms with Crippen LogP contribution in [0.25, 0.3) is 0 Å². The third-order valence-electron chi connectivity index (χ3n) is 4.23. The summed E-state index contributed by atoms with van der Waals surface area (Å²) >= 11 is 0. The molecule has 116 valence electrons. The van der Waals surface area contributed by atoms with Crippen LogP contribution in [0.5, 0.6) is 0 Å². The zero-order valence-electron chi connectivity index (χ0n) is 12.7. The quantitative estimate of drug-likeness (QED) is 0.655. The molecule has 1 saturated carbocycles. The van der Waals surface area contributed by atoms with Crippen LogP contribution in [0.3, 0.4) is 0 Å². The first-order valence-corrected chi connectivity index (χ1v) is 6.96. The average Bonchev–Trinajstić information content (AvgIpc) is 2.37. The van der Waals surface area contributed by atoms with Gasteiger partial charge in [0.25, 0.3) is 0 Å². The van der Waals surface area contributed by atoms with Crippen molar-refractivity contribution in [2.45, 2.75) is 51.7 Å². The fraction of sp³-hybridized carbons (Fsp3) is 0.857. The Morgan fingerprint density at radius 2 is 2.05 bits per heavy atom. The Labute approximate surface area is 119 Å². The van der Waals surface area contributed by atoms with Crippen molar-refractivity contribution in [1.82, 2.24) is 5.32 Å². The molecule has 1 aliphatic carbocycles. The SMILES string of the molecule is CCOC1CC(NC(=O)CCCOC)(C(=O)O)C1(C)C. The Balaban J connectivity index is 2.71. The van der Waals surface area contributed by atoms with Crippen molar-refractivity contribution in [3.8, 4) is 0 Å². The molecular formula is C14H25NO5. The van der Waals surface area contributed by atoms with Crippen molar-refractivity contribution < 1.29 is 24.2 Å². The van der Waals surface area contributed by atoms with Gasteiger partial charge < -0.3 is 19.9 Å². The van der Waals surface area contributed by atoms with Gasteiger partial charge in [-0.05, 0) is 13.3 Å². The number of methoxy groups -OCH3 is 1. The minimum absolute atomic E-state index is 0.150. The van der Waals surface area contributed by atoms with Gasteiger partial charge in [0.05, 0.1) is 6.10 Å². The maximum Gasteiger partial charge on any atom is 0.330 e. The van der Waals surface area contributed by atoms with Crippen molar-refractivity contribution >= 4 is 11.9 Å². The lowest BCUT2D eigenvalue weighted by Crippen LogP contribution is -2.76. The molecule has 20 heavy (non-hydrogen) atoms. The fourth-order valence-corrected chi connectivity index (χ4v) is 2.71. The Bertz CT molecular complexity index is 369. The summed E-state index contributed by atoms with van der Waals surface area (Å²) in [5.41, 5.74) is -1.87. The normalized spacial score (nSPS) is 27.7. The van der Waals surface area contributed by atoms with Gasteiger partial charge in [0, 0.05) is 38.6 Å². The van der Waals surface area contributed by atoms with Crippen LogP contribution in [0.2, 0.25) is 0 Å². The molecule has 0 heterocycles. The Hall–Kier alpha value is -1.14. The highest BCUT2D eigenvalue weighted by molar-refractivity contribution is 5.89. The zero-order chi connectivity index (χ0) is 15.4. The molecule has 0 bridgehead atoms. The summed E-state index contributed by atoms with van der Waals surface area (Å²) in [6, 6.07) is 0. The summed E-state index contributed by atoms with van der Waals surface area (Å²) < 4.78 is 10.4. The van der Waals surface area contributed by atoms with Gasteiger partial charge in [0.15, 0.2) is 0 Å². The standard InChI is InChI=1S/C14H25NO5/c1-5-20-10-9-14(12(17)18,13(10,2)3)15-11(16)7-6-8-19-4/h10H,5-9H2,1-4H3,(H,15,16)(H,17,18). The highest BCUT2D eigenvalue weighted by Crippen LogP contribution is 2.51. The van der Waals surface area contributed by atoms with E-state index in [4.69, 9.17) is 9.47 Å². The summed E-state index contributed by atoms with van der Waals surface area (Å²) in [7, 11) is 1.57. The molecule has 2 atom stereocenters. The van der Waals surface area contributed by atoms with E-state index < -0.39 is 16.9 Å². The predicted octanol–water partition coefficient (Wildman–Crippen LogP) is 1.19. The number of rotatable bonds is 8. The van der Waals surface area contributed by atoms with Gasteiger partial charge in [0.2, 0.25) is 5.91 Å². The molecule has 1 rings (SSSR count). The highest BCUT2D eigenvalue weighted by atomic mass is 16.5. The molecule has 1 aliphatic rings. The summed E-state index contributed by atoms with van der Waals surface area (Å²) in [5.74, 6) is -1.26. The lowest BCUT2D eigenvalue weighted by molar-refractivity contribution is -0.194. The van der Waals surface area contributed by atoms with Crippen molar-refractivity contribution in [2.24, 2.45) is 5.41 Å². The number of carboxylic acid groups (broad SMARTS) is 1. The number of hydrogen-bond donors (Lipinski definition) is 2. The number of hydrogen-bond acceptors (Lipinski definition) is 4. The van der Waals surface area contributed by atoms with E-state index in [1.807, 2.05) is 20.8 Å². The molecule has 6 nitrogen and oxygen atoms in total. The maximum absolute atomic E-state index is 11.9. The van der Waals surface area contributed by atoms with Gasteiger partial charge in [-0.3, -0.25) is 4.79 Å². The number of ether oxygens (including phenoxy) is 2. The first-order valence-electron chi connectivity index (χ1n) is 6.96. The third kappa shape index (κ3) is 2.96. The molecule has 0 aromatic carbocycles. The number of aliphatic carboxylic acids is 1. The van der Waals surface area contributed by atoms with Crippen molar-refractivity contribution in [3.05, 3.63) is 0 Å². The van der Waals surface area contributed by atoms with Gasteiger partial charge in [-0.15, -0.1) is 0 Å². The topological polar surface area (TPSA) is 84.9 Å². The minimum Gasteiger partial charge on any atom is -0.479 e. The van der Waals surface area contributed by atoms with E-state index in [9.17, 15) is 14.7 Å². The second-order valence-corrected chi connectivity index (χ2v) is 5.72. The fourth-order valence-electron chi connectivity index (χ4n) is 2.71. The molecule has 0 aromatic heterocycles. The van der Waals surface area contributed by atoms with Crippen LogP contribution in [0.1, 0.15) is 40.0 Å². The lowest BCUT2D eigenvalue weighted by Gasteiger charge is -2.58. The van der Waals surface area contributed by atoms with E-state index >= 15 is 0 Å². The number of amides is 1. The first-order chi connectivity index (χ1) is 9.31. The predicted molar refractivity (Wildman–Crippen MR) is 73.4 cm³/mol. The molecule has 6 heteroatoms. The number of carboxylic acids is 1. The smallest absolute Gasteiger partial charge is 0.330 e. The molecule has 1 fully saturated rings. The van der Waals surface area contributed by atoms with Crippen LogP contribution in [0.4, 0.5) is 0 Å². The Kier molecular flexibility index (Phi) is 5.53. The Morgan fingerprint density at radius 1 is 1.40 bits per heavy atom. The van der Waals surface area contributed by atoms with Crippen LogP contribution in [0.15, 0.2) is 0 Å². The van der Waals surface area contributed by atoms with Crippen molar-refractivity contribution in [3.63, 3.8) is 0 Å². The van der Waals surface area contributed by atoms with Crippen LogP contribution < -0.4 is 5.32 Å². The van der Waals surface area contributed by atoms with Crippen molar-refractivity contribution in [2.75, 3.05) is 20.3 Å². The molecular weight excluding hydrogens is 262 g/mol. The molecule has 0 saturated heterocycles. The molecule has 0 spiro atoms. The molecule has 2 N–H and O–H groups in total. The molecule has 2 unspecified atom stereocenters. The van der Waals surface area contributed by atoms with Gasteiger partial charge in [-0.1, -0.05) is 13.8 Å². The van der Waals surface area contributed by atoms with E-state index in [0.29, 0.717) is 26.1 Å². The van der Waals surface area contributed by atoms with E-state index in [0.717, 1.165) is 0 Å². The number of nitrogens with one attached hydrogen (secondary N) is 1. The van der Waals surface area contributed by atoms with E-state index in [2.05, 4.69) is 5.32 Å². The third-order valence-corrected chi connectivity index (χ3v) is 4.23. The monoisotopic (exact) mass is 287 g/mol. The second-order valence-electron chi connectivity index (χ2n) is 5.72. The van der Waals surface area contributed by atoms with E-state index in [-0.39, 0.29) is 18.4 Å². The summed E-state index contributed by atoms with van der Waals surface area (Å²) in [6.45, 7) is 6.53. The summed E-state index contributed by atoms with van der Waals surface area (Å²) in [5, 5.41) is 12.2. The van der Waals surface area contributed by atoms with Gasteiger partial charge in [-0.25, -0.2) is 4.79 Å². The van der Waals surface area contributed by atoms with Gasteiger partial charge >= 0.3 is 5.97 Å². The average molecular weight is 287 g/mol. The molecule has 0 aromatic rings. The van der Waals surface area contributed by atoms with Crippen LogP contribution in [-0.4, -0.2) is 48.9 Å². The molecule has 0 radical (unpaired) electrons. The molecule has 1 amide bonds. The number of carbonyl (C=O) groups is 2. The number of carbonyl (C=O) groups excluding carboxylic acids is 1. The van der Waals surface area contributed by atoms with Crippen LogP contribution in [0, 0.1) is 5.41 Å². The minimum atomic E-state index is -1.24. The largest absolute Gasteiger partial charge is 0.479 e. The van der Waals surface area contributed by atoms with E-state index in [1.54, 1.807) is 7.11 Å². The van der Waals surface area contributed by atoms with E-state index in [1.165, 1.54) is 0 Å². The van der Waals surface area contributed by atoms with Gasteiger partial charge in [0.1, 0.15) is 5.54 Å². The lowest BCUT2D eigenvalue weighted by atomic mass is 9.54. The summed E-state index contributed by atoms with van der Waals surface area (Å²) in [4.78, 5) is 23.6.